The van der Waals surface area contributed by atoms with Gasteiger partial charge in [0.1, 0.15) is 5.60 Å². The Kier molecular flexibility index (Phi) is 7.70. The summed E-state index contributed by atoms with van der Waals surface area (Å²) in [6.07, 6.45) is -0.273. The average molecular weight is 383 g/mol. The molecule has 0 aliphatic carbocycles. The maximum atomic E-state index is 11.9. The van der Waals surface area contributed by atoms with Crippen molar-refractivity contribution in [3.05, 3.63) is 17.7 Å². The van der Waals surface area contributed by atoms with Crippen molar-refractivity contribution in [2.75, 3.05) is 19.6 Å². The van der Waals surface area contributed by atoms with Crippen molar-refractivity contribution in [3.63, 3.8) is 0 Å². The van der Waals surface area contributed by atoms with Crippen LogP contribution >= 0.6 is 0 Å². The minimum atomic E-state index is -0.700. The Hall–Kier alpha value is -3.17. The van der Waals surface area contributed by atoms with Crippen molar-refractivity contribution in [2.24, 2.45) is 0 Å². The summed E-state index contributed by atoms with van der Waals surface area (Å²) in [7, 11) is 0. The highest BCUT2D eigenvalue weighted by molar-refractivity contribution is 5.95. The first-order chi connectivity index (χ1) is 12.5. The molecule has 0 aliphatic heterocycles. The molecule has 6 N–H and O–H groups in total. The molecule has 0 saturated heterocycles. The van der Waals surface area contributed by atoms with E-state index in [0.717, 1.165) is 12.1 Å². The Morgan fingerprint density at radius 3 is 2.07 bits per heavy atom. The fourth-order valence-electron chi connectivity index (χ4n) is 1.88. The van der Waals surface area contributed by atoms with Crippen LogP contribution in [0.25, 0.3) is 0 Å². The summed E-state index contributed by atoms with van der Waals surface area (Å²) in [6, 6.07) is 2.04. The number of nitrogens with one attached hydrogen (secondary N) is 3. The molecule has 3 amide bonds. The van der Waals surface area contributed by atoms with Gasteiger partial charge >= 0.3 is 6.09 Å². The Bertz CT molecular complexity index is 675. The number of rotatable bonds is 7. The van der Waals surface area contributed by atoms with Crippen LogP contribution in [0.15, 0.2) is 12.1 Å². The molecule has 1 aromatic carbocycles. The highest BCUT2D eigenvalue weighted by Gasteiger charge is 2.16. The van der Waals surface area contributed by atoms with Crippen LogP contribution in [-0.2, 0) is 9.53 Å². The molecule has 0 atom stereocenters. The van der Waals surface area contributed by atoms with Gasteiger partial charge in [0.05, 0.1) is 6.54 Å². The van der Waals surface area contributed by atoms with Crippen LogP contribution in [0.4, 0.5) is 4.79 Å². The number of amides is 3. The predicted octanol–water partition coefficient (Wildman–Crippen LogP) is 0.564. The summed E-state index contributed by atoms with van der Waals surface area (Å²) in [5.74, 6) is -2.87. The lowest BCUT2D eigenvalue weighted by molar-refractivity contribution is -0.120. The maximum Gasteiger partial charge on any atom is 0.408 e. The predicted molar refractivity (Wildman–Crippen MR) is 95.6 cm³/mol. The number of phenolic OH excluding ortho intramolecular Hbond substituents is 3. The summed E-state index contributed by atoms with van der Waals surface area (Å²) < 4.78 is 4.99. The van der Waals surface area contributed by atoms with Crippen molar-refractivity contribution in [1.29, 1.82) is 0 Å². The molecule has 0 spiro atoms. The van der Waals surface area contributed by atoms with E-state index in [1.807, 2.05) is 0 Å². The van der Waals surface area contributed by atoms with Crippen molar-refractivity contribution in [2.45, 2.75) is 32.8 Å². The van der Waals surface area contributed by atoms with E-state index in [1.54, 1.807) is 20.8 Å². The Balaban J connectivity index is 2.24. The monoisotopic (exact) mass is 383 g/mol. The van der Waals surface area contributed by atoms with Gasteiger partial charge in [0.15, 0.2) is 17.2 Å². The third-order valence-electron chi connectivity index (χ3n) is 3.09. The standard InChI is InChI=1S/C17H25N3O7/c1-17(2,3)27-16(26)20-9-13(23)18-5-4-6-19-15(25)10-7-11(21)14(24)12(22)8-10/h7-8,21-22,24H,4-6,9H2,1-3H3,(H,18,23)(H,19,25)(H,20,26). The Labute approximate surface area is 156 Å². The molecule has 0 aliphatic rings. The Morgan fingerprint density at radius 2 is 1.52 bits per heavy atom. The molecule has 0 unspecified atom stereocenters. The zero-order chi connectivity index (χ0) is 20.6. The number of hydrogen-bond donors (Lipinski definition) is 6. The summed E-state index contributed by atoms with van der Waals surface area (Å²) in [5.41, 5.74) is -0.669. The topological polar surface area (TPSA) is 157 Å². The van der Waals surface area contributed by atoms with Gasteiger partial charge in [-0.2, -0.15) is 0 Å². The van der Waals surface area contributed by atoms with Crippen LogP contribution in [0.3, 0.4) is 0 Å². The van der Waals surface area contributed by atoms with Crippen LogP contribution in [-0.4, -0.2) is 58.5 Å². The number of ether oxygens (including phenoxy) is 1. The third-order valence-corrected chi connectivity index (χ3v) is 3.09. The van der Waals surface area contributed by atoms with Gasteiger partial charge in [-0.15, -0.1) is 0 Å². The van der Waals surface area contributed by atoms with Crippen LogP contribution in [0, 0.1) is 0 Å². The van der Waals surface area contributed by atoms with Gasteiger partial charge in [0, 0.05) is 18.7 Å². The zero-order valence-electron chi connectivity index (χ0n) is 15.5. The average Bonchev–Trinajstić information content (AvgIpc) is 2.55. The molecule has 0 bridgehead atoms. The molecular formula is C17H25N3O7. The summed E-state index contributed by atoms with van der Waals surface area (Å²) >= 11 is 0. The molecule has 0 heterocycles. The second kappa shape index (κ2) is 9.51. The number of alkyl carbamates (subject to hydrolysis) is 1. The highest BCUT2D eigenvalue weighted by Crippen LogP contribution is 2.35. The maximum absolute atomic E-state index is 11.9. The normalized spacial score (nSPS) is 10.8. The first-order valence-corrected chi connectivity index (χ1v) is 8.26. The van der Waals surface area contributed by atoms with Gasteiger partial charge in [0.25, 0.3) is 5.91 Å². The number of aromatic hydroxyl groups is 3. The molecule has 150 valence electrons. The molecule has 10 heteroatoms. The number of benzene rings is 1. The highest BCUT2D eigenvalue weighted by atomic mass is 16.6. The van der Waals surface area contributed by atoms with Gasteiger partial charge in [-0.1, -0.05) is 0 Å². The largest absolute Gasteiger partial charge is 0.504 e. The molecule has 27 heavy (non-hydrogen) atoms. The van der Waals surface area contributed by atoms with E-state index < -0.39 is 40.8 Å². The van der Waals surface area contributed by atoms with Gasteiger partial charge < -0.3 is 36.0 Å². The molecule has 0 aromatic heterocycles. The van der Waals surface area contributed by atoms with E-state index in [-0.39, 0.29) is 25.2 Å². The summed E-state index contributed by atoms with van der Waals surface area (Å²) in [4.78, 5) is 34.9. The number of carbonyl (C=O) groups is 3. The molecular weight excluding hydrogens is 358 g/mol. The zero-order valence-corrected chi connectivity index (χ0v) is 15.5. The summed E-state index contributed by atoms with van der Waals surface area (Å²) in [6.45, 7) is 5.39. The quantitative estimate of drug-likeness (QED) is 0.297. The van der Waals surface area contributed by atoms with Gasteiger partial charge in [-0.05, 0) is 39.3 Å². The third kappa shape index (κ3) is 8.17. The van der Waals surface area contributed by atoms with E-state index in [0.29, 0.717) is 6.42 Å². The van der Waals surface area contributed by atoms with E-state index in [4.69, 9.17) is 4.74 Å². The van der Waals surface area contributed by atoms with Gasteiger partial charge in [-0.25, -0.2) is 4.79 Å². The van der Waals surface area contributed by atoms with Gasteiger partial charge in [-0.3, -0.25) is 9.59 Å². The lowest BCUT2D eigenvalue weighted by Crippen LogP contribution is -2.40. The molecule has 0 saturated carbocycles. The van der Waals surface area contributed by atoms with Crippen LogP contribution in [0.1, 0.15) is 37.6 Å². The van der Waals surface area contributed by atoms with E-state index in [2.05, 4.69) is 16.0 Å². The van der Waals surface area contributed by atoms with Crippen molar-refractivity contribution in [3.8, 4) is 17.2 Å². The SMILES string of the molecule is CC(C)(C)OC(=O)NCC(=O)NCCCNC(=O)c1cc(O)c(O)c(O)c1. The fraction of sp³-hybridized carbons (Fsp3) is 0.471. The molecule has 10 nitrogen and oxygen atoms in total. The second-order valence-electron chi connectivity index (χ2n) is 6.68. The lowest BCUT2D eigenvalue weighted by atomic mass is 10.1. The second-order valence-corrected chi connectivity index (χ2v) is 6.68. The summed E-state index contributed by atoms with van der Waals surface area (Å²) in [5, 5.41) is 35.4. The van der Waals surface area contributed by atoms with E-state index >= 15 is 0 Å². The van der Waals surface area contributed by atoms with E-state index in [1.165, 1.54) is 0 Å². The van der Waals surface area contributed by atoms with Crippen molar-refractivity contribution in [1.82, 2.24) is 16.0 Å². The fourth-order valence-corrected chi connectivity index (χ4v) is 1.88. The van der Waals surface area contributed by atoms with Crippen LogP contribution < -0.4 is 16.0 Å². The van der Waals surface area contributed by atoms with Crippen LogP contribution in [0.5, 0.6) is 17.2 Å². The minimum Gasteiger partial charge on any atom is -0.504 e. The Morgan fingerprint density at radius 1 is 0.963 bits per heavy atom. The molecule has 0 fully saturated rings. The number of phenols is 3. The smallest absolute Gasteiger partial charge is 0.408 e. The number of hydrogen-bond acceptors (Lipinski definition) is 7. The van der Waals surface area contributed by atoms with E-state index in [9.17, 15) is 29.7 Å². The molecule has 1 aromatic rings. The molecule has 1 rings (SSSR count). The minimum absolute atomic E-state index is 0.0200. The van der Waals surface area contributed by atoms with Gasteiger partial charge in [0.2, 0.25) is 5.91 Å². The van der Waals surface area contributed by atoms with Crippen LogP contribution in [0.2, 0.25) is 0 Å². The first kappa shape index (κ1) is 21.9. The lowest BCUT2D eigenvalue weighted by Gasteiger charge is -2.19. The van der Waals surface area contributed by atoms with Crippen molar-refractivity contribution < 1.29 is 34.4 Å². The molecule has 0 radical (unpaired) electrons. The van der Waals surface area contributed by atoms with Crippen molar-refractivity contribution >= 4 is 17.9 Å². The number of carbonyl (C=O) groups excluding carboxylic acids is 3. The first-order valence-electron chi connectivity index (χ1n) is 8.26.